The van der Waals surface area contributed by atoms with Crippen LogP contribution in [0.2, 0.25) is 0 Å². The molecule has 0 bridgehead atoms. The van der Waals surface area contributed by atoms with Gasteiger partial charge in [-0.05, 0) is 26.3 Å². The summed E-state index contributed by atoms with van der Waals surface area (Å²) in [6, 6.07) is 0.415. The summed E-state index contributed by atoms with van der Waals surface area (Å²) in [4.78, 5) is 9.34. The van der Waals surface area contributed by atoms with Gasteiger partial charge >= 0.3 is 0 Å². The van der Waals surface area contributed by atoms with E-state index in [1.165, 1.54) is 39.3 Å². The first-order valence-electron chi connectivity index (χ1n) is 7.97. The molecule has 2 N–H and O–H groups in total. The molecular formula is C15H34IN5. The number of hydrogen-bond donors (Lipinski definition) is 2. The average Bonchev–Trinajstić information content (AvgIpc) is 2.44. The molecule has 1 unspecified atom stereocenters. The molecule has 1 heterocycles. The Labute approximate surface area is 148 Å². The Kier molecular flexibility index (Phi) is 11.4. The third-order valence-corrected chi connectivity index (χ3v) is 3.75. The molecule has 0 amide bonds. The van der Waals surface area contributed by atoms with Crippen molar-refractivity contribution >= 4 is 29.9 Å². The van der Waals surface area contributed by atoms with Gasteiger partial charge in [0.25, 0.3) is 0 Å². The molecule has 0 radical (unpaired) electrons. The number of piperazine rings is 1. The number of rotatable bonds is 6. The lowest BCUT2D eigenvalue weighted by atomic mass is 10.1. The summed E-state index contributed by atoms with van der Waals surface area (Å²) < 4.78 is 0. The maximum absolute atomic E-state index is 4.24. The molecule has 126 valence electrons. The van der Waals surface area contributed by atoms with Crippen molar-refractivity contribution in [1.82, 2.24) is 20.4 Å². The Bertz CT molecular complexity index is 288. The van der Waals surface area contributed by atoms with Crippen LogP contribution in [0.15, 0.2) is 4.99 Å². The van der Waals surface area contributed by atoms with Crippen LogP contribution < -0.4 is 10.6 Å². The first-order valence-corrected chi connectivity index (χ1v) is 7.97. The third-order valence-electron chi connectivity index (χ3n) is 3.75. The molecule has 1 rings (SSSR count). The van der Waals surface area contributed by atoms with Gasteiger partial charge in [0.15, 0.2) is 5.96 Å². The van der Waals surface area contributed by atoms with Gasteiger partial charge in [-0.2, -0.15) is 0 Å². The molecule has 5 nitrogen and oxygen atoms in total. The topological polar surface area (TPSA) is 42.9 Å². The van der Waals surface area contributed by atoms with Crippen molar-refractivity contribution in [2.75, 3.05) is 52.9 Å². The summed E-state index contributed by atoms with van der Waals surface area (Å²) in [5.74, 6) is 1.54. The number of guanidine groups is 1. The molecule has 0 aromatic carbocycles. The number of likely N-dealkylation sites (N-methyl/N-ethyl adjacent to an activating group) is 1. The highest BCUT2D eigenvalue weighted by Gasteiger charge is 2.17. The van der Waals surface area contributed by atoms with E-state index in [1.807, 2.05) is 7.05 Å². The van der Waals surface area contributed by atoms with E-state index in [0.717, 1.165) is 12.5 Å². The molecule has 1 aliphatic rings. The van der Waals surface area contributed by atoms with Crippen LogP contribution in [0.3, 0.4) is 0 Å². The van der Waals surface area contributed by atoms with Gasteiger partial charge in [0.2, 0.25) is 0 Å². The fourth-order valence-electron chi connectivity index (χ4n) is 2.53. The van der Waals surface area contributed by atoms with Crippen LogP contribution in [0.4, 0.5) is 0 Å². The molecule has 6 heteroatoms. The first kappa shape index (κ1) is 20.9. The zero-order valence-corrected chi connectivity index (χ0v) is 16.7. The lowest BCUT2D eigenvalue weighted by molar-refractivity contribution is 0.124. The molecule has 0 saturated carbocycles. The van der Waals surface area contributed by atoms with E-state index in [1.54, 1.807) is 0 Å². The Morgan fingerprint density at radius 3 is 2.14 bits per heavy atom. The summed E-state index contributed by atoms with van der Waals surface area (Å²) in [7, 11) is 1.83. The van der Waals surface area contributed by atoms with Crippen molar-refractivity contribution in [2.24, 2.45) is 10.9 Å². The van der Waals surface area contributed by atoms with Crippen LogP contribution in [0.25, 0.3) is 0 Å². The van der Waals surface area contributed by atoms with Crippen molar-refractivity contribution < 1.29 is 0 Å². The van der Waals surface area contributed by atoms with Crippen molar-refractivity contribution in [3.8, 4) is 0 Å². The second kappa shape index (κ2) is 11.5. The normalized spacial score (nSPS) is 19.2. The van der Waals surface area contributed by atoms with Crippen molar-refractivity contribution in [2.45, 2.75) is 33.7 Å². The van der Waals surface area contributed by atoms with Crippen molar-refractivity contribution in [3.05, 3.63) is 0 Å². The molecule has 1 saturated heterocycles. The van der Waals surface area contributed by atoms with Crippen LogP contribution in [-0.4, -0.2) is 74.7 Å². The summed E-state index contributed by atoms with van der Waals surface area (Å²) in [5.41, 5.74) is 0. The van der Waals surface area contributed by atoms with E-state index < -0.39 is 0 Å². The monoisotopic (exact) mass is 411 g/mol. The SMILES string of the molecule is CCN1CCN(CC(C)CNC(=NC)NC(C)C)CC1.I. The fraction of sp³-hybridized carbons (Fsp3) is 0.933. The first-order chi connectivity index (χ1) is 9.55. The highest BCUT2D eigenvalue weighted by Crippen LogP contribution is 2.04. The summed E-state index contributed by atoms with van der Waals surface area (Å²) in [6.07, 6.45) is 0. The fourth-order valence-corrected chi connectivity index (χ4v) is 2.53. The van der Waals surface area contributed by atoms with Gasteiger partial charge in [-0.3, -0.25) is 4.99 Å². The van der Waals surface area contributed by atoms with Crippen molar-refractivity contribution in [3.63, 3.8) is 0 Å². The zero-order valence-electron chi connectivity index (χ0n) is 14.4. The predicted molar refractivity (Wildman–Crippen MR) is 103 cm³/mol. The second-order valence-electron chi connectivity index (χ2n) is 6.09. The summed E-state index contributed by atoms with van der Waals surface area (Å²) in [5, 5.41) is 6.73. The Hall–Kier alpha value is -0.0800. The van der Waals surface area contributed by atoms with Gasteiger partial charge in [-0.1, -0.05) is 13.8 Å². The molecule has 0 aromatic heterocycles. The minimum atomic E-state index is 0. The molecule has 21 heavy (non-hydrogen) atoms. The second-order valence-corrected chi connectivity index (χ2v) is 6.09. The highest BCUT2D eigenvalue weighted by atomic mass is 127. The van der Waals surface area contributed by atoms with Gasteiger partial charge in [0, 0.05) is 52.4 Å². The van der Waals surface area contributed by atoms with Crippen LogP contribution in [0.5, 0.6) is 0 Å². The maximum atomic E-state index is 4.24. The Balaban J connectivity index is 0.00000400. The molecule has 1 aliphatic heterocycles. The molecule has 1 atom stereocenters. The maximum Gasteiger partial charge on any atom is 0.191 e. The Morgan fingerprint density at radius 2 is 1.67 bits per heavy atom. The van der Waals surface area contributed by atoms with E-state index in [0.29, 0.717) is 12.0 Å². The molecule has 1 fully saturated rings. The molecule has 0 aromatic rings. The van der Waals surface area contributed by atoms with Crippen LogP contribution in [-0.2, 0) is 0 Å². The number of nitrogens with zero attached hydrogens (tertiary/aromatic N) is 3. The smallest absolute Gasteiger partial charge is 0.191 e. The lowest BCUT2D eigenvalue weighted by Gasteiger charge is -2.35. The largest absolute Gasteiger partial charge is 0.356 e. The predicted octanol–water partition coefficient (Wildman–Crippen LogP) is 1.45. The zero-order chi connectivity index (χ0) is 15.0. The van der Waals surface area contributed by atoms with E-state index >= 15 is 0 Å². The van der Waals surface area contributed by atoms with E-state index in [4.69, 9.17) is 0 Å². The number of nitrogens with one attached hydrogen (secondary N) is 2. The van der Waals surface area contributed by atoms with Gasteiger partial charge < -0.3 is 20.4 Å². The minimum Gasteiger partial charge on any atom is -0.356 e. The van der Waals surface area contributed by atoms with Gasteiger partial charge in [0.1, 0.15) is 0 Å². The minimum absolute atomic E-state index is 0. The average molecular weight is 411 g/mol. The van der Waals surface area contributed by atoms with E-state index in [2.05, 4.69) is 53.1 Å². The van der Waals surface area contributed by atoms with Crippen molar-refractivity contribution in [1.29, 1.82) is 0 Å². The van der Waals surface area contributed by atoms with E-state index in [9.17, 15) is 0 Å². The molecular weight excluding hydrogens is 377 g/mol. The third kappa shape index (κ3) is 8.83. The van der Waals surface area contributed by atoms with Crippen LogP contribution in [0, 0.1) is 5.92 Å². The number of hydrogen-bond acceptors (Lipinski definition) is 3. The molecule has 0 aliphatic carbocycles. The van der Waals surface area contributed by atoms with E-state index in [-0.39, 0.29) is 24.0 Å². The quantitative estimate of drug-likeness (QED) is 0.395. The Morgan fingerprint density at radius 1 is 1.10 bits per heavy atom. The summed E-state index contributed by atoms with van der Waals surface area (Å²) >= 11 is 0. The number of aliphatic imine (C=N–C) groups is 1. The van der Waals surface area contributed by atoms with Gasteiger partial charge in [-0.25, -0.2) is 0 Å². The number of halogens is 1. The van der Waals surface area contributed by atoms with Crippen LogP contribution >= 0.6 is 24.0 Å². The standard InChI is InChI=1S/C15H33N5.HI/c1-6-19-7-9-20(10-8-19)12-14(4)11-17-15(16-5)18-13(2)3;/h13-14H,6-12H2,1-5H3,(H2,16,17,18);1H. The van der Waals surface area contributed by atoms with Gasteiger partial charge in [-0.15, -0.1) is 24.0 Å². The molecule has 0 spiro atoms. The van der Waals surface area contributed by atoms with Gasteiger partial charge in [0.05, 0.1) is 0 Å². The van der Waals surface area contributed by atoms with Crippen LogP contribution in [0.1, 0.15) is 27.7 Å². The highest BCUT2D eigenvalue weighted by molar-refractivity contribution is 14.0. The lowest BCUT2D eigenvalue weighted by Crippen LogP contribution is -2.49. The summed E-state index contributed by atoms with van der Waals surface area (Å²) in [6.45, 7) is 17.0.